The van der Waals surface area contributed by atoms with Crippen molar-refractivity contribution < 1.29 is 11.3 Å². The number of hydrogen-bond acceptors (Lipinski definition) is 1. The van der Waals surface area contributed by atoms with Crippen LogP contribution in [0.2, 0.25) is 0 Å². The first-order valence-corrected chi connectivity index (χ1v) is 13.6. The van der Waals surface area contributed by atoms with Gasteiger partial charge in [-0.05, 0) is 55.4 Å². The molecule has 7 aromatic carbocycles. The molecule has 0 N–H and O–H groups in total. The van der Waals surface area contributed by atoms with E-state index in [1.165, 1.54) is 21.9 Å². The lowest BCUT2D eigenvalue weighted by atomic mass is 9.86. The van der Waals surface area contributed by atoms with Crippen molar-refractivity contribution >= 4 is 32.5 Å². The lowest BCUT2D eigenvalue weighted by Crippen LogP contribution is -1.90. The van der Waals surface area contributed by atoms with Crippen LogP contribution in [0.1, 0.15) is 6.85 Å². The summed E-state index contributed by atoms with van der Waals surface area (Å²) < 4.78 is 48.5. The van der Waals surface area contributed by atoms with Gasteiger partial charge in [-0.3, -0.25) is 0 Å². The molecule has 0 radical (unpaired) electrons. The van der Waals surface area contributed by atoms with Gasteiger partial charge in [-0.1, -0.05) is 152 Å². The van der Waals surface area contributed by atoms with Crippen LogP contribution in [0.5, 0.6) is 0 Å². The Morgan fingerprint density at radius 3 is 1.41 bits per heavy atom. The molecule has 8 rings (SSSR count). The van der Waals surface area contributed by atoms with Crippen molar-refractivity contribution in [3.63, 3.8) is 0 Å². The fourth-order valence-electron chi connectivity index (χ4n) is 6.02. The maximum absolute atomic E-state index is 8.71. The molecule has 1 heterocycles. The van der Waals surface area contributed by atoms with E-state index in [0.29, 0.717) is 22.3 Å². The normalized spacial score (nSPS) is 13.1. The Morgan fingerprint density at radius 2 is 0.829 bits per heavy atom. The first-order valence-electron chi connectivity index (χ1n) is 16.1. The van der Waals surface area contributed by atoms with Gasteiger partial charge in [-0.15, -0.1) is 0 Å². The van der Waals surface area contributed by atoms with Crippen LogP contribution in [0, 0.1) is 0 Å². The van der Waals surface area contributed by atoms with Crippen molar-refractivity contribution in [1.29, 1.82) is 0 Å². The van der Waals surface area contributed by atoms with Crippen molar-refractivity contribution in [3.8, 4) is 44.7 Å². The summed E-state index contributed by atoms with van der Waals surface area (Å²) in [7, 11) is 0. The molecule has 0 aliphatic rings. The molecule has 0 atom stereocenters. The average Bonchev–Trinajstić information content (AvgIpc) is 3.48. The molecule has 0 amide bonds. The molecule has 192 valence electrons. The predicted octanol–water partition coefficient (Wildman–Crippen LogP) is 11.4. The summed E-state index contributed by atoms with van der Waals surface area (Å²) in [6.07, 6.45) is 0. The Labute approximate surface area is 246 Å². The van der Waals surface area contributed by atoms with E-state index in [2.05, 4.69) is 84.9 Å². The zero-order valence-electron chi connectivity index (χ0n) is 27.0. The first kappa shape index (κ1) is 18.8. The van der Waals surface area contributed by atoms with E-state index < -0.39 is 6.04 Å². The Bertz CT molecular complexity index is 2380. The van der Waals surface area contributed by atoms with E-state index in [9.17, 15) is 0 Å². The maximum atomic E-state index is 8.71. The molecule has 8 aromatic rings. The standard InChI is InChI=1S/C40H26O/c1-3-13-27(14-4-1)37-31-17-7-9-19-33(31)38(34-20-10-8-18-32(34)37)29-23-25-30(26-24-29)40-39(28-15-5-2-6-16-28)35-21-11-12-22-36(35)41-40/h1-26H/i2D,5D,6D,15D,16D. The summed E-state index contributed by atoms with van der Waals surface area (Å²) in [4.78, 5) is 0. The molecule has 1 heteroatoms. The second kappa shape index (κ2) is 9.66. The van der Waals surface area contributed by atoms with E-state index in [0.717, 1.165) is 27.5 Å². The van der Waals surface area contributed by atoms with Gasteiger partial charge in [0, 0.05) is 16.5 Å². The topological polar surface area (TPSA) is 13.1 Å². The van der Waals surface area contributed by atoms with Crippen LogP contribution >= 0.6 is 0 Å². The smallest absolute Gasteiger partial charge is 0.143 e. The summed E-state index contributed by atoms with van der Waals surface area (Å²) in [5.74, 6) is 0.459. The number of fused-ring (bicyclic) bond motifs is 3. The number of para-hydroxylation sites is 1. The molecule has 0 spiro atoms. The molecule has 1 aromatic heterocycles. The van der Waals surface area contributed by atoms with Gasteiger partial charge in [0.05, 0.1) is 6.85 Å². The largest absolute Gasteiger partial charge is 0.455 e. The van der Waals surface area contributed by atoms with Crippen LogP contribution in [0.4, 0.5) is 0 Å². The third kappa shape index (κ3) is 3.86. The van der Waals surface area contributed by atoms with E-state index in [1.54, 1.807) is 0 Å². The van der Waals surface area contributed by atoms with Gasteiger partial charge >= 0.3 is 0 Å². The van der Waals surface area contributed by atoms with Crippen molar-refractivity contribution in [2.75, 3.05) is 0 Å². The van der Waals surface area contributed by atoms with Crippen LogP contribution < -0.4 is 0 Å². The van der Waals surface area contributed by atoms with Crippen LogP contribution in [-0.4, -0.2) is 0 Å². The summed E-state index contributed by atoms with van der Waals surface area (Å²) in [6, 6.07) is 41.4. The van der Waals surface area contributed by atoms with Crippen LogP contribution in [-0.2, 0) is 0 Å². The minimum Gasteiger partial charge on any atom is -0.455 e. The number of furan rings is 1. The van der Waals surface area contributed by atoms with Crippen LogP contribution in [0.3, 0.4) is 0 Å². The van der Waals surface area contributed by atoms with E-state index in [-0.39, 0.29) is 29.7 Å². The second-order valence-corrected chi connectivity index (χ2v) is 10.1. The summed E-state index contributed by atoms with van der Waals surface area (Å²) in [6.45, 7) is 0. The molecular formula is C40H26O. The Morgan fingerprint density at radius 1 is 0.366 bits per heavy atom. The van der Waals surface area contributed by atoms with Crippen LogP contribution in [0.25, 0.3) is 77.2 Å². The van der Waals surface area contributed by atoms with Gasteiger partial charge < -0.3 is 4.42 Å². The lowest BCUT2D eigenvalue weighted by molar-refractivity contribution is 0.632. The Balaban J connectivity index is 1.36. The Hall–Kier alpha value is -5.40. The monoisotopic (exact) mass is 527 g/mol. The second-order valence-electron chi connectivity index (χ2n) is 10.1. The van der Waals surface area contributed by atoms with Gasteiger partial charge in [0.2, 0.25) is 0 Å². The van der Waals surface area contributed by atoms with Gasteiger partial charge in [0.1, 0.15) is 11.3 Å². The minimum atomic E-state index is -0.421. The molecule has 0 saturated heterocycles. The third-order valence-corrected chi connectivity index (χ3v) is 7.78. The quantitative estimate of drug-likeness (QED) is 0.207. The van der Waals surface area contributed by atoms with Crippen molar-refractivity contribution in [2.45, 2.75) is 0 Å². The van der Waals surface area contributed by atoms with Gasteiger partial charge in [-0.2, -0.15) is 0 Å². The fraction of sp³-hybridized carbons (Fsp3) is 0. The molecule has 0 saturated carbocycles. The van der Waals surface area contributed by atoms with Crippen molar-refractivity contribution in [1.82, 2.24) is 0 Å². The Kier molecular flexibility index (Phi) is 4.43. The van der Waals surface area contributed by atoms with Crippen molar-refractivity contribution in [3.05, 3.63) is 158 Å². The third-order valence-electron chi connectivity index (χ3n) is 7.78. The van der Waals surface area contributed by atoms with E-state index >= 15 is 0 Å². The molecule has 0 unspecified atom stereocenters. The highest BCUT2D eigenvalue weighted by atomic mass is 16.3. The van der Waals surface area contributed by atoms with Crippen molar-refractivity contribution in [2.24, 2.45) is 0 Å². The molecular weight excluding hydrogens is 496 g/mol. The lowest BCUT2D eigenvalue weighted by Gasteiger charge is -2.17. The van der Waals surface area contributed by atoms with Gasteiger partial charge in [0.25, 0.3) is 0 Å². The summed E-state index contributed by atoms with van der Waals surface area (Å²) >= 11 is 0. The van der Waals surface area contributed by atoms with E-state index in [1.807, 2.05) is 42.5 Å². The molecule has 41 heavy (non-hydrogen) atoms. The number of rotatable bonds is 4. The van der Waals surface area contributed by atoms with Gasteiger partial charge in [0.15, 0.2) is 0 Å². The molecule has 0 aliphatic carbocycles. The fourth-order valence-corrected chi connectivity index (χ4v) is 6.02. The SMILES string of the molecule is [2H]c1c([2H])c([2H])c(-c2c(-c3ccc(-c4c5ccccc5c(-c5ccccc5)c5ccccc45)cc3)oc3ccccc23)c([2H])c1[2H]. The van der Waals surface area contributed by atoms with E-state index in [4.69, 9.17) is 11.3 Å². The number of hydrogen-bond donors (Lipinski definition) is 0. The molecule has 1 nitrogen and oxygen atoms in total. The maximum Gasteiger partial charge on any atom is 0.143 e. The summed E-state index contributed by atoms with van der Waals surface area (Å²) in [5.41, 5.74) is 6.49. The highest BCUT2D eigenvalue weighted by molar-refractivity contribution is 6.21. The van der Waals surface area contributed by atoms with Gasteiger partial charge in [-0.25, -0.2) is 0 Å². The predicted molar refractivity (Wildman–Crippen MR) is 173 cm³/mol. The summed E-state index contributed by atoms with van der Waals surface area (Å²) in [5, 5.41) is 5.33. The molecule has 0 fully saturated rings. The highest BCUT2D eigenvalue weighted by Gasteiger charge is 2.19. The molecule has 0 bridgehead atoms. The highest BCUT2D eigenvalue weighted by Crippen LogP contribution is 2.45. The zero-order chi connectivity index (χ0) is 31.5. The van der Waals surface area contributed by atoms with Crippen LogP contribution in [0.15, 0.2) is 162 Å². The number of benzene rings is 7. The first-order chi connectivity index (χ1) is 22.4. The minimum absolute atomic E-state index is 0.128. The zero-order valence-corrected chi connectivity index (χ0v) is 22.0. The average molecular weight is 528 g/mol. The molecule has 0 aliphatic heterocycles.